The lowest BCUT2D eigenvalue weighted by atomic mass is 10.0. The number of hydrogen-bond donors (Lipinski definition) is 8. The quantitative estimate of drug-likeness (QED) is 0.176. The van der Waals surface area contributed by atoms with Crippen molar-refractivity contribution in [1.82, 2.24) is 21.3 Å². The number of aliphatic carboxylic acids is 1. The van der Waals surface area contributed by atoms with Crippen LogP contribution in [-0.2, 0) is 25.6 Å². The van der Waals surface area contributed by atoms with Crippen LogP contribution in [0.4, 0.5) is 0 Å². The van der Waals surface area contributed by atoms with Crippen molar-refractivity contribution in [3.8, 4) is 5.75 Å². The van der Waals surface area contributed by atoms with Gasteiger partial charge in [0.25, 0.3) is 0 Å². The predicted octanol–water partition coefficient (Wildman–Crippen LogP) is -1.46. The van der Waals surface area contributed by atoms with Crippen molar-refractivity contribution in [2.24, 2.45) is 0 Å². The summed E-state index contributed by atoms with van der Waals surface area (Å²) in [6.45, 7) is 1.98. The summed E-state index contributed by atoms with van der Waals surface area (Å²) in [6.07, 6.45) is 0.0636. The molecule has 1 saturated heterocycles. The molecule has 0 aliphatic carbocycles. The Morgan fingerprint density at radius 2 is 1.76 bits per heavy atom. The van der Waals surface area contributed by atoms with Gasteiger partial charge in [0.05, 0.1) is 12.1 Å². The van der Waals surface area contributed by atoms with Gasteiger partial charge >= 0.3 is 5.97 Å². The van der Waals surface area contributed by atoms with Crippen molar-refractivity contribution >= 4 is 36.3 Å². The van der Waals surface area contributed by atoms with Crippen LogP contribution in [-0.4, -0.2) is 81.6 Å². The number of phenolic OH excluding ortho intramolecular Hbond substituents is 1. The maximum atomic E-state index is 12.7. The Kier molecular flexibility index (Phi) is 9.95. The van der Waals surface area contributed by atoms with Crippen LogP contribution in [0.3, 0.4) is 0 Å². The predicted molar refractivity (Wildman–Crippen MR) is 122 cm³/mol. The zero-order chi connectivity index (χ0) is 24.5. The highest BCUT2D eigenvalue weighted by Crippen LogP contribution is 2.12. The number of hydrogen-bond acceptors (Lipinski definition) is 8. The third kappa shape index (κ3) is 7.91. The molecular weight excluding hydrogens is 452 g/mol. The van der Waals surface area contributed by atoms with Gasteiger partial charge in [-0.2, -0.15) is 12.6 Å². The zero-order valence-corrected chi connectivity index (χ0v) is 19.0. The van der Waals surface area contributed by atoms with Crippen molar-refractivity contribution in [3.05, 3.63) is 29.8 Å². The first-order valence-electron chi connectivity index (χ1n) is 10.6. The molecular formula is C21H30N4O7S. The van der Waals surface area contributed by atoms with E-state index in [4.69, 9.17) is 0 Å². The number of phenols is 1. The number of carboxylic acid groups (broad SMARTS) is 1. The summed E-state index contributed by atoms with van der Waals surface area (Å²) < 4.78 is 0. The Labute approximate surface area is 196 Å². The molecule has 0 aromatic heterocycles. The van der Waals surface area contributed by atoms with Crippen molar-refractivity contribution < 1.29 is 34.5 Å². The second kappa shape index (κ2) is 12.4. The first kappa shape index (κ1) is 26.4. The summed E-state index contributed by atoms with van der Waals surface area (Å²) in [7, 11) is 0. The van der Waals surface area contributed by atoms with Gasteiger partial charge in [-0.25, -0.2) is 4.79 Å². The second-order valence-corrected chi connectivity index (χ2v) is 8.25. The van der Waals surface area contributed by atoms with E-state index in [1.165, 1.54) is 31.2 Å². The van der Waals surface area contributed by atoms with E-state index in [9.17, 15) is 34.5 Å². The number of rotatable bonds is 11. The van der Waals surface area contributed by atoms with Gasteiger partial charge in [0.15, 0.2) is 0 Å². The van der Waals surface area contributed by atoms with E-state index in [1.807, 2.05) is 0 Å². The SMILES string of the molecule is CC(O)C(NC(=O)C(CS)NC(=O)C1CCCN1)C(=O)NC(Cc1ccc(O)cc1)C(=O)O. The number of thiol groups is 1. The summed E-state index contributed by atoms with van der Waals surface area (Å²) in [5, 5.41) is 39.2. The number of benzene rings is 1. The molecule has 0 radical (unpaired) electrons. The molecule has 0 bridgehead atoms. The number of carbonyl (C=O) groups excluding carboxylic acids is 3. The fourth-order valence-electron chi connectivity index (χ4n) is 3.36. The summed E-state index contributed by atoms with van der Waals surface area (Å²) in [4.78, 5) is 49.3. The van der Waals surface area contributed by atoms with E-state index in [2.05, 4.69) is 33.9 Å². The van der Waals surface area contributed by atoms with Crippen molar-refractivity contribution in [1.29, 1.82) is 0 Å². The largest absolute Gasteiger partial charge is 0.508 e. The standard InChI is InChI=1S/C21H30N4O7S/c1-11(26)17(25-19(29)16(10-33)24-18(28)14-3-2-8-22-14)20(30)23-15(21(31)32)9-12-4-6-13(27)7-5-12/h4-7,11,14-17,22,26-27,33H,2-3,8-10H2,1H3,(H,23,30)(H,24,28)(H,25,29)(H,31,32). The smallest absolute Gasteiger partial charge is 0.326 e. The lowest BCUT2D eigenvalue weighted by molar-refractivity contribution is -0.143. The maximum absolute atomic E-state index is 12.7. The average molecular weight is 483 g/mol. The molecule has 0 saturated carbocycles. The molecule has 0 spiro atoms. The minimum atomic E-state index is -1.46. The topological polar surface area (TPSA) is 177 Å². The summed E-state index contributed by atoms with van der Waals surface area (Å²) >= 11 is 4.09. The third-order valence-electron chi connectivity index (χ3n) is 5.25. The number of nitrogens with one attached hydrogen (secondary N) is 4. The lowest BCUT2D eigenvalue weighted by Gasteiger charge is -2.26. The first-order chi connectivity index (χ1) is 15.6. The first-order valence-corrected chi connectivity index (χ1v) is 11.2. The van der Waals surface area contributed by atoms with Crippen LogP contribution in [0.25, 0.3) is 0 Å². The third-order valence-corrected chi connectivity index (χ3v) is 5.61. The van der Waals surface area contributed by atoms with E-state index in [0.29, 0.717) is 18.5 Å². The van der Waals surface area contributed by atoms with Crippen LogP contribution in [0, 0.1) is 0 Å². The van der Waals surface area contributed by atoms with Crippen molar-refractivity contribution in [2.45, 2.75) is 56.5 Å². The summed E-state index contributed by atoms with van der Waals surface area (Å²) in [6, 6.07) is 1.56. The van der Waals surface area contributed by atoms with E-state index in [1.54, 1.807) is 0 Å². The molecule has 3 amide bonds. The van der Waals surface area contributed by atoms with Gasteiger partial charge < -0.3 is 36.6 Å². The number of aliphatic hydroxyl groups is 1. The Morgan fingerprint density at radius 3 is 2.27 bits per heavy atom. The Balaban J connectivity index is 2.02. The van der Waals surface area contributed by atoms with Crippen LogP contribution in [0.2, 0.25) is 0 Å². The molecule has 5 atom stereocenters. The van der Waals surface area contributed by atoms with Crippen molar-refractivity contribution in [3.63, 3.8) is 0 Å². The van der Waals surface area contributed by atoms with Gasteiger partial charge in [0.1, 0.15) is 23.9 Å². The van der Waals surface area contributed by atoms with E-state index >= 15 is 0 Å². The molecule has 1 aromatic rings. The Morgan fingerprint density at radius 1 is 1.09 bits per heavy atom. The number of aromatic hydroxyl groups is 1. The van der Waals surface area contributed by atoms with Crippen LogP contribution < -0.4 is 21.3 Å². The van der Waals surface area contributed by atoms with Gasteiger partial charge in [0, 0.05) is 12.2 Å². The fourth-order valence-corrected chi connectivity index (χ4v) is 3.62. The zero-order valence-electron chi connectivity index (χ0n) is 18.2. The highest BCUT2D eigenvalue weighted by molar-refractivity contribution is 7.80. The average Bonchev–Trinajstić information content (AvgIpc) is 3.31. The van der Waals surface area contributed by atoms with E-state index in [0.717, 1.165) is 6.42 Å². The van der Waals surface area contributed by atoms with E-state index < -0.39 is 48.1 Å². The maximum Gasteiger partial charge on any atom is 0.326 e. The number of aliphatic hydroxyl groups excluding tert-OH is 1. The Hall–Kier alpha value is -2.83. The molecule has 1 heterocycles. The summed E-state index contributed by atoms with van der Waals surface area (Å²) in [5.41, 5.74) is 0.552. The second-order valence-electron chi connectivity index (χ2n) is 7.89. The lowest BCUT2D eigenvalue weighted by Crippen LogP contribution is -2.60. The van der Waals surface area contributed by atoms with Crippen LogP contribution in [0.5, 0.6) is 5.75 Å². The number of carbonyl (C=O) groups is 4. The molecule has 11 nitrogen and oxygen atoms in total. The molecule has 5 unspecified atom stereocenters. The van der Waals surface area contributed by atoms with Crippen LogP contribution >= 0.6 is 12.6 Å². The fraction of sp³-hybridized carbons (Fsp3) is 0.524. The normalized spacial score (nSPS) is 19.1. The highest BCUT2D eigenvalue weighted by atomic mass is 32.1. The number of carboxylic acids is 1. The molecule has 2 rings (SSSR count). The van der Waals surface area contributed by atoms with Crippen LogP contribution in [0.1, 0.15) is 25.3 Å². The minimum Gasteiger partial charge on any atom is -0.508 e. The monoisotopic (exact) mass is 482 g/mol. The van der Waals surface area contributed by atoms with Gasteiger partial charge in [-0.15, -0.1) is 0 Å². The highest BCUT2D eigenvalue weighted by Gasteiger charge is 2.33. The van der Waals surface area contributed by atoms with Gasteiger partial charge in [-0.05, 0) is 44.0 Å². The summed E-state index contributed by atoms with van der Waals surface area (Å²) in [5.74, 6) is -3.33. The molecule has 12 heteroatoms. The van der Waals surface area contributed by atoms with Gasteiger partial charge in [-0.3, -0.25) is 14.4 Å². The van der Waals surface area contributed by atoms with E-state index in [-0.39, 0.29) is 23.8 Å². The molecule has 1 fully saturated rings. The minimum absolute atomic E-state index is 0.0149. The number of amides is 3. The molecule has 1 aromatic carbocycles. The molecule has 33 heavy (non-hydrogen) atoms. The van der Waals surface area contributed by atoms with Gasteiger partial charge in [0.2, 0.25) is 17.7 Å². The van der Waals surface area contributed by atoms with Crippen LogP contribution in [0.15, 0.2) is 24.3 Å². The molecule has 1 aliphatic rings. The molecule has 7 N–H and O–H groups in total. The van der Waals surface area contributed by atoms with Crippen molar-refractivity contribution in [2.75, 3.05) is 12.3 Å². The molecule has 1 aliphatic heterocycles. The Bertz CT molecular complexity index is 844. The molecule has 182 valence electrons. The van der Waals surface area contributed by atoms with Gasteiger partial charge in [-0.1, -0.05) is 12.1 Å².